The Balaban J connectivity index is 1.45. The number of tetrazole rings is 1. The maximum absolute atomic E-state index is 5.46. The second-order valence-electron chi connectivity index (χ2n) is 5.37. The van der Waals surface area contributed by atoms with Crippen molar-refractivity contribution in [2.45, 2.75) is 17.5 Å². The van der Waals surface area contributed by atoms with Crippen molar-refractivity contribution >= 4 is 23.1 Å². The van der Waals surface area contributed by atoms with Gasteiger partial charge in [-0.1, -0.05) is 35.1 Å². The average molecular weight is 385 g/mol. The van der Waals surface area contributed by atoms with E-state index in [9.17, 15) is 0 Å². The van der Waals surface area contributed by atoms with Crippen LogP contribution in [0.2, 0.25) is 0 Å². The molecule has 0 N–H and O–H groups in total. The number of methoxy groups -OCH3 is 1. The van der Waals surface area contributed by atoms with Crippen LogP contribution in [0.3, 0.4) is 0 Å². The summed E-state index contributed by atoms with van der Waals surface area (Å²) in [5.41, 5.74) is 1.65. The SMILES string of the molecule is COc1ccccc1-c1cc(CSc2nnnn2Cc2cccs2)on1. The van der Waals surface area contributed by atoms with E-state index >= 15 is 0 Å². The van der Waals surface area contributed by atoms with Crippen LogP contribution in [0.15, 0.2) is 57.5 Å². The van der Waals surface area contributed by atoms with Crippen molar-refractivity contribution in [2.75, 3.05) is 7.11 Å². The van der Waals surface area contributed by atoms with E-state index in [2.05, 4.69) is 26.7 Å². The number of nitrogens with zero attached hydrogens (tertiary/aromatic N) is 5. The Kier molecular flexibility index (Phi) is 4.98. The van der Waals surface area contributed by atoms with Gasteiger partial charge in [0.25, 0.3) is 0 Å². The largest absolute Gasteiger partial charge is 0.496 e. The first kappa shape index (κ1) is 16.8. The fourth-order valence-corrected chi connectivity index (χ4v) is 3.89. The van der Waals surface area contributed by atoms with Gasteiger partial charge in [0.05, 0.1) is 19.4 Å². The number of rotatable bonds is 7. The monoisotopic (exact) mass is 385 g/mol. The summed E-state index contributed by atoms with van der Waals surface area (Å²) in [5, 5.41) is 18.9. The lowest BCUT2D eigenvalue weighted by Gasteiger charge is -2.03. The van der Waals surface area contributed by atoms with Crippen molar-refractivity contribution in [2.24, 2.45) is 0 Å². The predicted molar refractivity (Wildman–Crippen MR) is 99.3 cm³/mol. The Labute approximate surface area is 158 Å². The molecule has 7 nitrogen and oxygen atoms in total. The molecule has 0 radical (unpaired) electrons. The van der Waals surface area contributed by atoms with E-state index in [-0.39, 0.29) is 0 Å². The Morgan fingerprint density at radius 3 is 3.00 bits per heavy atom. The summed E-state index contributed by atoms with van der Waals surface area (Å²) in [7, 11) is 1.64. The van der Waals surface area contributed by atoms with E-state index in [0.717, 1.165) is 27.9 Å². The van der Waals surface area contributed by atoms with E-state index in [1.807, 2.05) is 41.8 Å². The molecule has 0 unspecified atom stereocenters. The maximum atomic E-state index is 5.46. The molecule has 1 aromatic carbocycles. The third kappa shape index (κ3) is 3.63. The molecule has 3 aromatic heterocycles. The minimum atomic E-state index is 0.590. The molecule has 0 saturated heterocycles. The molecule has 0 aliphatic rings. The highest BCUT2D eigenvalue weighted by Gasteiger charge is 2.13. The molecule has 0 fully saturated rings. The van der Waals surface area contributed by atoms with Crippen molar-refractivity contribution in [3.8, 4) is 17.0 Å². The molecule has 9 heteroatoms. The number of thioether (sulfide) groups is 1. The number of hydrogen-bond acceptors (Lipinski definition) is 8. The molecule has 0 aliphatic heterocycles. The van der Waals surface area contributed by atoms with Gasteiger partial charge < -0.3 is 9.26 Å². The number of thiophene rings is 1. The summed E-state index contributed by atoms with van der Waals surface area (Å²) >= 11 is 3.20. The standard InChI is InChI=1S/C17H15N5O2S2/c1-23-16-7-3-2-6-14(16)15-9-12(24-19-15)11-26-17-18-20-21-22(17)10-13-5-4-8-25-13/h2-9H,10-11H2,1H3. The zero-order valence-electron chi connectivity index (χ0n) is 13.9. The second kappa shape index (κ2) is 7.71. The fraction of sp³-hybridized carbons (Fsp3) is 0.176. The molecular formula is C17H15N5O2S2. The Bertz CT molecular complexity index is 981. The van der Waals surface area contributed by atoms with Gasteiger partial charge in [-0.15, -0.1) is 16.4 Å². The molecule has 0 bridgehead atoms. The number of aromatic nitrogens is 5. The smallest absolute Gasteiger partial charge is 0.210 e. The van der Waals surface area contributed by atoms with Crippen LogP contribution >= 0.6 is 23.1 Å². The summed E-state index contributed by atoms with van der Waals surface area (Å²) in [4.78, 5) is 1.21. The van der Waals surface area contributed by atoms with Crippen LogP contribution < -0.4 is 4.74 Å². The highest BCUT2D eigenvalue weighted by molar-refractivity contribution is 7.98. The summed E-state index contributed by atoms with van der Waals surface area (Å²) in [6.07, 6.45) is 0. The van der Waals surface area contributed by atoms with Crippen LogP contribution in [0.25, 0.3) is 11.3 Å². The van der Waals surface area contributed by atoms with Crippen molar-refractivity contribution in [1.82, 2.24) is 25.4 Å². The summed E-state index contributed by atoms with van der Waals surface area (Å²) in [6.45, 7) is 0.663. The van der Waals surface area contributed by atoms with Gasteiger partial charge in [0.1, 0.15) is 17.2 Å². The highest BCUT2D eigenvalue weighted by atomic mass is 32.2. The van der Waals surface area contributed by atoms with Gasteiger partial charge in [-0.25, -0.2) is 4.68 Å². The number of ether oxygens (including phenoxy) is 1. The maximum Gasteiger partial charge on any atom is 0.210 e. The van der Waals surface area contributed by atoms with Gasteiger partial charge in [-0.3, -0.25) is 0 Å². The number of hydrogen-bond donors (Lipinski definition) is 0. The van der Waals surface area contributed by atoms with Crippen LogP contribution in [0.5, 0.6) is 5.75 Å². The predicted octanol–water partition coefficient (Wildman–Crippen LogP) is 3.74. The van der Waals surface area contributed by atoms with Gasteiger partial charge in [0.2, 0.25) is 5.16 Å². The lowest BCUT2D eigenvalue weighted by atomic mass is 10.1. The van der Waals surface area contributed by atoms with Crippen molar-refractivity contribution in [3.63, 3.8) is 0 Å². The van der Waals surface area contributed by atoms with E-state index in [1.54, 1.807) is 23.1 Å². The van der Waals surface area contributed by atoms with Crippen LogP contribution in [-0.4, -0.2) is 32.5 Å². The van der Waals surface area contributed by atoms with Gasteiger partial charge in [0, 0.05) is 16.5 Å². The topological polar surface area (TPSA) is 78.9 Å². The zero-order valence-corrected chi connectivity index (χ0v) is 15.5. The second-order valence-corrected chi connectivity index (χ2v) is 7.34. The molecule has 4 aromatic rings. The van der Waals surface area contributed by atoms with Crippen molar-refractivity contribution < 1.29 is 9.26 Å². The Morgan fingerprint density at radius 1 is 1.23 bits per heavy atom. The van der Waals surface area contributed by atoms with Crippen LogP contribution in [0, 0.1) is 0 Å². The molecule has 132 valence electrons. The molecule has 3 heterocycles. The Morgan fingerprint density at radius 2 is 2.15 bits per heavy atom. The molecule has 0 spiro atoms. The number of para-hydroxylation sites is 1. The minimum Gasteiger partial charge on any atom is -0.496 e. The third-order valence-corrected chi connectivity index (χ3v) is 5.51. The molecular weight excluding hydrogens is 370 g/mol. The molecule has 4 rings (SSSR count). The fourth-order valence-electron chi connectivity index (χ4n) is 2.45. The Hall–Kier alpha value is -2.65. The third-order valence-electron chi connectivity index (χ3n) is 3.67. The van der Waals surface area contributed by atoms with Crippen LogP contribution in [0.4, 0.5) is 0 Å². The van der Waals surface area contributed by atoms with Crippen LogP contribution in [-0.2, 0) is 12.3 Å². The molecule has 0 atom stereocenters. The van der Waals surface area contributed by atoms with Crippen molar-refractivity contribution in [1.29, 1.82) is 0 Å². The van der Waals surface area contributed by atoms with E-state index in [0.29, 0.717) is 12.3 Å². The van der Waals surface area contributed by atoms with Gasteiger partial charge in [0.15, 0.2) is 0 Å². The lowest BCUT2D eigenvalue weighted by Crippen LogP contribution is -2.02. The van der Waals surface area contributed by atoms with Gasteiger partial charge >= 0.3 is 0 Å². The van der Waals surface area contributed by atoms with Crippen molar-refractivity contribution in [3.05, 3.63) is 58.5 Å². The summed E-state index contributed by atoms with van der Waals surface area (Å²) in [6, 6.07) is 13.7. The first-order valence-electron chi connectivity index (χ1n) is 7.84. The lowest BCUT2D eigenvalue weighted by molar-refractivity contribution is 0.395. The minimum absolute atomic E-state index is 0.590. The summed E-state index contributed by atoms with van der Waals surface area (Å²) < 4.78 is 12.6. The van der Waals surface area contributed by atoms with Gasteiger partial charge in [-0.2, -0.15) is 0 Å². The molecule has 0 aliphatic carbocycles. The first-order valence-corrected chi connectivity index (χ1v) is 9.70. The first-order chi connectivity index (χ1) is 12.8. The van der Waals surface area contributed by atoms with E-state index in [4.69, 9.17) is 9.26 Å². The number of benzene rings is 1. The summed E-state index contributed by atoms with van der Waals surface area (Å²) in [5.74, 6) is 2.11. The molecule has 0 saturated carbocycles. The highest BCUT2D eigenvalue weighted by Crippen LogP contribution is 2.30. The van der Waals surface area contributed by atoms with E-state index in [1.165, 1.54) is 16.6 Å². The normalized spacial score (nSPS) is 11.0. The average Bonchev–Trinajstić information content (AvgIpc) is 3.43. The molecule has 26 heavy (non-hydrogen) atoms. The van der Waals surface area contributed by atoms with Crippen LogP contribution in [0.1, 0.15) is 10.6 Å². The quantitative estimate of drug-likeness (QED) is 0.448. The zero-order chi connectivity index (χ0) is 17.8. The van der Waals surface area contributed by atoms with E-state index < -0.39 is 0 Å². The molecule has 0 amide bonds. The van der Waals surface area contributed by atoms with Gasteiger partial charge in [-0.05, 0) is 34.0 Å².